The van der Waals surface area contributed by atoms with Crippen LogP contribution in [0.2, 0.25) is 0 Å². The summed E-state index contributed by atoms with van der Waals surface area (Å²) in [5.41, 5.74) is 2.31. The summed E-state index contributed by atoms with van der Waals surface area (Å²) in [6, 6.07) is 10.1. The first-order valence-corrected chi connectivity index (χ1v) is 8.49. The van der Waals surface area contributed by atoms with Crippen LogP contribution in [0.1, 0.15) is 30.7 Å². The fourth-order valence-electron chi connectivity index (χ4n) is 2.40. The lowest BCUT2D eigenvalue weighted by molar-refractivity contribution is 0.338. The highest BCUT2D eigenvalue weighted by molar-refractivity contribution is 5.79. The van der Waals surface area contributed by atoms with Gasteiger partial charge in [-0.3, -0.25) is 0 Å². The van der Waals surface area contributed by atoms with Crippen molar-refractivity contribution in [1.29, 1.82) is 0 Å². The highest BCUT2D eigenvalue weighted by Crippen LogP contribution is 2.19. The van der Waals surface area contributed by atoms with Crippen molar-refractivity contribution in [2.45, 2.75) is 33.7 Å². The number of furan rings is 1. The third kappa shape index (κ3) is 5.65. The standard InChI is InChI=1S/C19H27N3O2/c1-4-20-19(21-11-10-17-7-6-12-24-17)22-14-16-8-9-18(23-5-2)15(3)13-16/h6-9,12-13H,4-5,10-11,14H2,1-3H3,(H2,20,21,22). The Hall–Kier alpha value is -2.43. The predicted molar refractivity (Wildman–Crippen MR) is 97.6 cm³/mol. The van der Waals surface area contributed by atoms with Crippen LogP contribution in [-0.2, 0) is 13.0 Å². The second kappa shape index (κ2) is 9.65. The maximum Gasteiger partial charge on any atom is 0.191 e. The third-order valence-corrected chi connectivity index (χ3v) is 3.55. The molecule has 0 bridgehead atoms. The van der Waals surface area contributed by atoms with Crippen LogP contribution in [-0.4, -0.2) is 25.7 Å². The first-order chi connectivity index (χ1) is 11.7. The van der Waals surface area contributed by atoms with Crippen molar-refractivity contribution in [3.05, 3.63) is 53.5 Å². The van der Waals surface area contributed by atoms with Gasteiger partial charge in [-0.2, -0.15) is 0 Å². The predicted octanol–water partition coefficient (Wildman–Crippen LogP) is 3.28. The second-order valence-electron chi connectivity index (χ2n) is 5.48. The Balaban J connectivity index is 1.90. The van der Waals surface area contributed by atoms with Gasteiger partial charge in [0.1, 0.15) is 11.5 Å². The van der Waals surface area contributed by atoms with Crippen molar-refractivity contribution < 1.29 is 9.15 Å². The molecule has 0 aliphatic rings. The number of aliphatic imine (C=N–C) groups is 1. The van der Waals surface area contributed by atoms with Gasteiger partial charge in [-0.15, -0.1) is 0 Å². The number of nitrogens with one attached hydrogen (secondary N) is 2. The molecule has 0 unspecified atom stereocenters. The maximum absolute atomic E-state index is 5.57. The van der Waals surface area contributed by atoms with Crippen molar-refractivity contribution in [3.8, 4) is 5.75 Å². The first kappa shape index (κ1) is 17.9. The minimum absolute atomic E-state index is 0.628. The average Bonchev–Trinajstić information content (AvgIpc) is 3.08. The Morgan fingerprint density at radius 2 is 2.08 bits per heavy atom. The van der Waals surface area contributed by atoms with Crippen molar-refractivity contribution in [3.63, 3.8) is 0 Å². The van der Waals surface area contributed by atoms with E-state index in [0.717, 1.165) is 42.5 Å². The topological polar surface area (TPSA) is 58.8 Å². The third-order valence-electron chi connectivity index (χ3n) is 3.55. The molecule has 0 spiro atoms. The van der Waals surface area contributed by atoms with E-state index in [2.05, 4.69) is 41.6 Å². The molecule has 0 atom stereocenters. The molecule has 0 radical (unpaired) electrons. The molecule has 1 aromatic heterocycles. The van der Waals surface area contributed by atoms with Gasteiger partial charge in [0.25, 0.3) is 0 Å². The summed E-state index contributed by atoms with van der Waals surface area (Å²) in [5.74, 6) is 2.73. The molecule has 5 nitrogen and oxygen atoms in total. The molecule has 1 heterocycles. The average molecular weight is 329 g/mol. The zero-order valence-electron chi connectivity index (χ0n) is 14.8. The molecule has 130 valence electrons. The Kier molecular flexibility index (Phi) is 7.21. The van der Waals surface area contributed by atoms with E-state index in [9.17, 15) is 0 Å². The molecule has 0 saturated heterocycles. The molecule has 0 amide bonds. The van der Waals surface area contributed by atoms with E-state index in [0.29, 0.717) is 13.2 Å². The van der Waals surface area contributed by atoms with Gasteiger partial charge in [0, 0.05) is 19.5 Å². The zero-order valence-corrected chi connectivity index (χ0v) is 14.8. The molecule has 2 aromatic rings. The summed E-state index contributed by atoms with van der Waals surface area (Å²) in [7, 11) is 0. The molecule has 5 heteroatoms. The number of aryl methyl sites for hydroxylation is 1. The Morgan fingerprint density at radius 3 is 2.75 bits per heavy atom. The summed E-state index contributed by atoms with van der Waals surface area (Å²) < 4.78 is 10.9. The lowest BCUT2D eigenvalue weighted by Crippen LogP contribution is -2.38. The number of hydrogen-bond acceptors (Lipinski definition) is 3. The Bertz CT molecular complexity index is 636. The van der Waals surface area contributed by atoms with E-state index in [-0.39, 0.29) is 0 Å². The fraction of sp³-hybridized carbons (Fsp3) is 0.421. The van der Waals surface area contributed by atoms with E-state index < -0.39 is 0 Å². The number of hydrogen-bond donors (Lipinski definition) is 2. The van der Waals surface area contributed by atoms with Gasteiger partial charge >= 0.3 is 0 Å². The quantitative estimate of drug-likeness (QED) is 0.576. The Morgan fingerprint density at radius 1 is 1.21 bits per heavy atom. The summed E-state index contributed by atoms with van der Waals surface area (Å²) >= 11 is 0. The summed E-state index contributed by atoms with van der Waals surface area (Å²) in [6.45, 7) is 9.03. The van der Waals surface area contributed by atoms with E-state index in [1.54, 1.807) is 6.26 Å². The van der Waals surface area contributed by atoms with Crippen LogP contribution in [0.25, 0.3) is 0 Å². The normalized spacial score (nSPS) is 11.4. The minimum atomic E-state index is 0.628. The van der Waals surface area contributed by atoms with Crippen molar-refractivity contribution in [2.75, 3.05) is 19.7 Å². The summed E-state index contributed by atoms with van der Waals surface area (Å²) in [4.78, 5) is 4.64. The second-order valence-corrected chi connectivity index (χ2v) is 5.48. The molecule has 1 aromatic carbocycles. The molecule has 0 aliphatic carbocycles. The lowest BCUT2D eigenvalue weighted by atomic mass is 10.1. The smallest absolute Gasteiger partial charge is 0.191 e. The molecular weight excluding hydrogens is 302 g/mol. The van der Waals surface area contributed by atoms with E-state index >= 15 is 0 Å². The zero-order chi connectivity index (χ0) is 17.2. The van der Waals surface area contributed by atoms with Crippen LogP contribution in [0.15, 0.2) is 46.0 Å². The van der Waals surface area contributed by atoms with Crippen molar-refractivity contribution in [2.24, 2.45) is 4.99 Å². The summed E-state index contributed by atoms with van der Waals surface area (Å²) in [6.07, 6.45) is 2.53. The van der Waals surface area contributed by atoms with Crippen molar-refractivity contribution in [1.82, 2.24) is 10.6 Å². The van der Waals surface area contributed by atoms with Crippen LogP contribution in [0, 0.1) is 6.92 Å². The molecule has 0 fully saturated rings. The first-order valence-electron chi connectivity index (χ1n) is 8.49. The van der Waals surface area contributed by atoms with Gasteiger partial charge in [0.15, 0.2) is 5.96 Å². The number of rotatable bonds is 8. The lowest BCUT2D eigenvalue weighted by Gasteiger charge is -2.11. The monoisotopic (exact) mass is 329 g/mol. The molecule has 2 rings (SSSR count). The van der Waals surface area contributed by atoms with Crippen LogP contribution in [0.3, 0.4) is 0 Å². The number of guanidine groups is 1. The molecule has 2 N–H and O–H groups in total. The van der Waals surface area contributed by atoms with E-state index in [1.165, 1.54) is 5.56 Å². The van der Waals surface area contributed by atoms with Gasteiger partial charge in [0.2, 0.25) is 0 Å². The number of ether oxygens (including phenoxy) is 1. The number of benzene rings is 1. The molecule has 0 aliphatic heterocycles. The summed E-state index contributed by atoms with van der Waals surface area (Å²) in [5, 5.41) is 6.59. The molecule has 24 heavy (non-hydrogen) atoms. The van der Waals surface area contributed by atoms with Crippen LogP contribution in [0.4, 0.5) is 0 Å². The van der Waals surface area contributed by atoms with Gasteiger partial charge < -0.3 is 19.8 Å². The Labute approximate surface area is 144 Å². The van der Waals surface area contributed by atoms with Crippen LogP contribution >= 0.6 is 0 Å². The SMILES string of the molecule is CCNC(=NCc1ccc(OCC)c(C)c1)NCCc1ccco1. The van der Waals surface area contributed by atoms with Gasteiger partial charge in [-0.05, 0) is 50.1 Å². The van der Waals surface area contributed by atoms with E-state index in [4.69, 9.17) is 9.15 Å². The van der Waals surface area contributed by atoms with Crippen molar-refractivity contribution >= 4 is 5.96 Å². The van der Waals surface area contributed by atoms with E-state index in [1.807, 2.05) is 25.1 Å². The minimum Gasteiger partial charge on any atom is -0.494 e. The van der Waals surface area contributed by atoms with Crippen LogP contribution in [0.5, 0.6) is 5.75 Å². The van der Waals surface area contributed by atoms with Crippen LogP contribution < -0.4 is 15.4 Å². The molecule has 0 saturated carbocycles. The van der Waals surface area contributed by atoms with Gasteiger partial charge in [-0.25, -0.2) is 4.99 Å². The largest absolute Gasteiger partial charge is 0.494 e. The highest BCUT2D eigenvalue weighted by atomic mass is 16.5. The highest BCUT2D eigenvalue weighted by Gasteiger charge is 2.02. The van der Waals surface area contributed by atoms with Gasteiger partial charge in [0.05, 0.1) is 19.4 Å². The maximum atomic E-state index is 5.57. The molecular formula is C19H27N3O2. The fourth-order valence-corrected chi connectivity index (χ4v) is 2.40. The van der Waals surface area contributed by atoms with Gasteiger partial charge in [-0.1, -0.05) is 12.1 Å². The number of nitrogens with zero attached hydrogens (tertiary/aromatic N) is 1.